The van der Waals surface area contributed by atoms with Gasteiger partial charge in [-0.1, -0.05) is 34.8 Å². The molecule has 0 amide bonds. The van der Waals surface area contributed by atoms with Crippen LogP contribution in [-0.2, 0) is 14.3 Å². The van der Waals surface area contributed by atoms with Crippen molar-refractivity contribution >= 4 is 40.8 Å². The molecule has 0 aromatic rings. The predicted octanol–water partition coefficient (Wildman–Crippen LogP) is 2.03. The van der Waals surface area contributed by atoms with Gasteiger partial charge in [0.15, 0.2) is 5.56 Å². The van der Waals surface area contributed by atoms with Gasteiger partial charge >= 0.3 is 5.97 Å². The first kappa shape index (κ1) is 10.4. The summed E-state index contributed by atoms with van der Waals surface area (Å²) in [4.78, 5) is 10.6. The van der Waals surface area contributed by atoms with E-state index in [2.05, 4.69) is 0 Å². The average molecular weight is 233 g/mol. The quantitative estimate of drug-likeness (QED) is 0.513. The summed E-state index contributed by atoms with van der Waals surface area (Å²) in [5.74, 6) is -0.503. The monoisotopic (exact) mass is 232 g/mol. The van der Waals surface area contributed by atoms with Crippen LogP contribution in [0.1, 0.15) is 13.8 Å². The number of hydrogen-bond acceptors (Lipinski definition) is 3. The largest absolute Gasteiger partial charge is 0.449 e. The van der Waals surface area contributed by atoms with E-state index in [-0.39, 0.29) is 0 Å². The molecule has 0 aliphatic carbocycles. The zero-order valence-corrected chi connectivity index (χ0v) is 8.70. The molecule has 3 nitrogen and oxygen atoms in total. The molecule has 1 saturated heterocycles. The number of esters is 1. The molecule has 0 N–H and O–H groups in total. The molecule has 0 spiro atoms. The summed E-state index contributed by atoms with van der Waals surface area (Å²) in [7, 11) is 0. The minimum atomic E-state index is -1.55. The molecular weight excluding hydrogens is 226 g/mol. The molecule has 2 unspecified atom stereocenters. The summed E-state index contributed by atoms with van der Waals surface area (Å²) in [5, 5.41) is 0. The van der Waals surface area contributed by atoms with Crippen LogP contribution in [0.25, 0.3) is 0 Å². The van der Waals surface area contributed by atoms with Crippen LogP contribution in [0.15, 0.2) is 0 Å². The molecule has 1 aliphatic heterocycles. The lowest BCUT2D eigenvalue weighted by atomic mass is 10.0. The zero-order chi connectivity index (χ0) is 9.57. The smallest absolute Gasteiger partial charge is 0.303 e. The maximum absolute atomic E-state index is 10.6. The second-order valence-corrected chi connectivity index (χ2v) is 4.31. The lowest BCUT2D eigenvalue weighted by molar-refractivity contribution is -0.251. The third-order valence-corrected chi connectivity index (χ3v) is 3.05. The van der Waals surface area contributed by atoms with Crippen LogP contribution in [0, 0.1) is 0 Å². The van der Waals surface area contributed by atoms with Crippen LogP contribution in [0.4, 0.5) is 0 Å². The van der Waals surface area contributed by atoms with Gasteiger partial charge in [0.05, 0.1) is 0 Å². The van der Waals surface area contributed by atoms with E-state index >= 15 is 0 Å². The van der Waals surface area contributed by atoms with E-state index < -0.39 is 21.7 Å². The molecule has 1 fully saturated rings. The van der Waals surface area contributed by atoms with Gasteiger partial charge in [-0.3, -0.25) is 4.79 Å². The Balaban J connectivity index is 2.75. The van der Waals surface area contributed by atoms with Crippen molar-refractivity contribution in [2.75, 3.05) is 0 Å². The van der Waals surface area contributed by atoms with Gasteiger partial charge < -0.3 is 9.47 Å². The number of halogens is 3. The SMILES string of the molecule is CC(=O)OC1(C)C(Cl)OC1(Cl)Cl. The lowest BCUT2D eigenvalue weighted by Crippen LogP contribution is -2.67. The van der Waals surface area contributed by atoms with Crippen molar-refractivity contribution in [2.24, 2.45) is 0 Å². The standard InChI is InChI=1S/C6H7Cl3O3/c1-3(10)11-5(2)4(7)12-6(5,8)9/h4H,1-2H3. The first-order valence-electron chi connectivity index (χ1n) is 3.19. The third-order valence-electron chi connectivity index (χ3n) is 1.62. The van der Waals surface area contributed by atoms with Crippen molar-refractivity contribution in [1.29, 1.82) is 0 Å². The summed E-state index contributed by atoms with van der Waals surface area (Å²) in [6.45, 7) is 2.76. The van der Waals surface area contributed by atoms with Gasteiger partial charge in [0.2, 0.25) is 5.60 Å². The molecule has 1 rings (SSSR count). The molecule has 1 heterocycles. The van der Waals surface area contributed by atoms with Gasteiger partial charge in [-0.2, -0.15) is 0 Å². The number of hydrogen-bond donors (Lipinski definition) is 0. The summed E-state index contributed by atoms with van der Waals surface area (Å²) in [6, 6.07) is 0. The molecular formula is C6H7Cl3O3. The maximum atomic E-state index is 10.6. The highest BCUT2D eigenvalue weighted by Gasteiger charge is 2.66. The molecule has 2 atom stereocenters. The van der Waals surface area contributed by atoms with Crippen molar-refractivity contribution < 1.29 is 14.3 Å². The number of rotatable bonds is 1. The Morgan fingerprint density at radius 3 is 2.25 bits per heavy atom. The van der Waals surface area contributed by atoms with E-state index in [0.29, 0.717) is 0 Å². The van der Waals surface area contributed by atoms with Crippen LogP contribution in [0.5, 0.6) is 0 Å². The van der Waals surface area contributed by atoms with Gasteiger partial charge in [0.1, 0.15) is 0 Å². The van der Waals surface area contributed by atoms with Gasteiger partial charge in [-0.15, -0.1) is 0 Å². The van der Waals surface area contributed by atoms with Crippen molar-refractivity contribution in [3.63, 3.8) is 0 Å². The molecule has 70 valence electrons. The van der Waals surface area contributed by atoms with E-state index in [4.69, 9.17) is 44.3 Å². The molecule has 0 radical (unpaired) electrons. The van der Waals surface area contributed by atoms with Crippen LogP contribution in [-0.4, -0.2) is 21.7 Å². The van der Waals surface area contributed by atoms with Gasteiger partial charge in [0, 0.05) is 6.92 Å². The highest BCUT2D eigenvalue weighted by atomic mass is 35.5. The Kier molecular flexibility index (Phi) is 2.52. The minimum Gasteiger partial charge on any atom is -0.449 e. The second kappa shape index (κ2) is 2.91. The molecule has 1 aliphatic rings. The van der Waals surface area contributed by atoms with Crippen LogP contribution in [0.3, 0.4) is 0 Å². The Bertz CT molecular complexity index is 218. The van der Waals surface area contributed by atoms with Gasteiger partial charge in [0.25, 0.3) is 4.52 Å². The molecule has 0 saturated carbocycles. The molecule has 0 aromatic heterocycles. The zero-order valence-electron chi connectivity index (χ0n) is 6.44. The maximum Gasteiger partial charge on any atom is 0.303 e. The highest BCUT2D eigenvalue weighted by molar-refractivity contribution is 6.49. The summed E-state index contributed by atoms with van der Waals surface area (Å²) < 4.78 is 8.05. The van der Waals surface area contributed by atoms with E-state index in [1.54, 1.807) is 0 Å². The number of carbonyl (C=O) groups excluding carboxylic acids is 1. The molecule has 0 aromatic carbocycles. The number of ether oxygens (including phenoxy) is 2. The molecule has 6 heteroatoms. The third kappa shape index (κ3) is 1.39. The highest BCUT2D eigenvalue weighted by Crippen LogP contribution is 2.52. The summed E-state index contributed by atoms with van der Waals surface area (Å²) >= 11 is 16.9. The summed E-state index contributed by atoms with van der Waals surface area (Å²) in [5.41, 5.74) is -1.99. The first-order valence-corrected chi connectivity index (χ1v) is 4.38. The minimum absolute atomic E-state index is 0.503. The fraction of sp³-hybridized carbons (Fsp3) is 0.833. The fourth-order valence-corrected chi connectivity index (χ4v) is 1.83. The van der Waals surface area contributed by atoms with Crippen molar-refractivity contribution in [3.8, 4) is 0 Å². The van der Waals surface area contributed by atoms with E-state index in [9.17, 15) is 4.79 Å². The van der Waals surface area contributed by atoms with Crippen LogP contribution >= 0.6 is 34.8 Å². The lowest BCUT2D eigenvalue weighted by Gasteiger charge is -2.51. The topological polar surface area (TPSA) is 35.5 Å². The molecule has 0 bridgehead atoms. The number of alkyl halides is 3. The average Bonchev–Trinajstić information content (AvgIpc) is 1.85. The van der Waals surface area contributed by atoms with Crippen molar-refractivity contribution in [1.82, 2.24) is 0 Å². The van der Waals surface area contributed by atoms with E-state index in [1.807, 2.05) is 0 Å². The van der Waals surface area contributed by atoms with Crippen molar-refractivity contribution in [3.05, 3.63) is 0 Å². The van der Waals surface area contributed by atoms with Crippen LogP contribution in [0.2, 0.25) is 0 Å². The Morgan fingerprint density at radius 1 is 1.58 bits per heavy atom. The normalized spacial score (nSPS) is 38.6. The first-order chi connectivity index (χ1) is 5.29. The second-order valence-electron chi connectivity index (χ2n) is 2.65. The van der Waals surface area contributed by atoms with Gasteiger partial charge in [-0.05, 0) is 6.92 Å². The Hall–Kier alpha value is 0.300. The Labute approximate surface area is 84.9 Å². The van der Waals surface area contributed by atoms with E-state index in [1.165, 1.54) is 13.8 Å². The number of carbonyl (C=O) groups is 1. The van der Waals surface area contributed by atoms with Crippen LogP contribution < -0.4 is 0 Å². The van der Waals surface area contributed by atoms with Crippen molar-refractivity contribution in [2.45, 2.75) is 29.5 Å². The van der Waals surface area contributed by atoms with E-state index in [0.717, 1.165) is 0 Å². The van der Waals surface area contributed by atoms with Gasteiger partial charge in [-0.25, -0.2) is 0 Å². The fourth-order valence-electron chi connectivity index (χ4n) is 0.838. The predicted molar refractivity (Wildman–Crippen MR) is 45.3 cm³/mol. The molecule has 12 heavy (non-hydrogen) atoms. The summed E-state index contributed by atoms with van der Waals surface area (Å²) in [6.07, 6.45) is 0. The Morgan fingerprint density at radius 2 is 2.08 bits per heavy atom.